The fourth-order valence-corrected chi connectivity index (χ4v) is 1.82. The Morgan fingerprint density at radius 3 is 2.30 bits per heavy atom. The Morgan fingerprint density at radius 1 is 1.00 bits per heavy atom. The molecule has 1 amide bonds. The summed E-state index contributed by atoms with van der Waals surface area (Å²) < 4.78 is 39.2. The van der Waals surface area contributed by atoms with Crippen LogP contribution < -0.4 is 5.32 Å². The number of rotatable bonds is 4. The molecule has 0 aromatic heterocycles. The van der Waals surface area contributed by atoms with E-state index in [4.69, 9.17) is 0 Å². The van der Waals surface area contributed by atoms with E-state index < -0.39 is 23.4 Å². The third kappa shape index (κ3) is 3.60. The number of nitrogens with one attached hydrogen (secondary N) is 1. The predicted molar refractivity (Wildman–Crippen MR) is 68.8 cm³/mol. The van der Waals surface area contributed by atoms with Crippen molar-refractivity contribution >= 4 is 5.91 Å². The van der Waals surface area contributed by atoms with Crippen LogP contribution in [-0.2, 0) is 6.42 Å². The van der Waals surface area contributed by atoms with Crippen molar-refractivity contribution in [2.24, 2.45) is 0 Å². The normalized spacial score (nSPS) is 10.3. The van der Waals surface area contributed by atoms with Crippen molar-refractivity contribution in [3.05, 3.63) is 71.0 Å². The molecule has 0 spiro atoms. The van der Waals surface area contributed by atoms with Crippen molar-refractivity contribution in [2.45, 2.75) is 6.42 Å². The Kier molecular flexibility index (Phi) is 4.40. The molecule has 0 atom stereocenters. The minimum atomic E-state index is -0.666. The van der Waals surface area contributed by atoms with Gasteiger partial charge in [0.15, 0.2) is 0 Å². The van der Waals surface area contributed by atoms with Crippen LogP contribution in [0.2, 0.25) is 0 Å². The molecule has 2 aromatic rings. The summed E-state index contributed by atoms with van der Waals surface area (Å²) >= 11 is 0. The highest BCUT2D eigenvalue weighted by Gasteiger charge is 2.10. The molecule has 0 unspecified atom stereocenters. The molecule has 0 saturated carbocycles. The number of carbonyl (C=O) groups is 1. The molecule has 0 aliphatic carbocycles. The Morgan fingerprint density at radius 2 is 1.65 bits per heavy atom. The van der Waals surface area contributed by atoms with E-state index >= 15 is 0 Å². The smallest absolute Gasteiger partial charge is 0.254 e. The van der Waals surface area contributed by atoms with Crippen molar-refractivity contribution in [3.63, 3.8) is 0 Å². The van der Waals surface area contributed by atoms with E-state index in [1.54, 1.807) is 6.07 Å². The standard InChI is InChI=1S/C15H12F3NO/c16-11-7-10(8-12(17)9-11)5-6-19-15(20)13-3-1-2-4-14(13)18/h1-4,7-9H,5-6H2,(H,19,20). The Balaban J connectivity index is 1.93. The van der Waals surface area contributed by atoms with Gasteiger partial charge in [-0.3, -0.25) is 4.79 Å². The first-order chi connectivity index (χ1) is 9.56. The lowest BCUT2D eigenvalue weighted by atomic mass is 10.1. The zero-order valence-corrected chi connectivity index (χ0v) is 10.5. The molecular weight excluding hydrogens is 267 g/mol. The van der Waals surface area contributed by atoms with Gasteiger partial charge in [-0.2, -0.15) is 0 Å². The SMILES string of the molecule is O=C(NCCc1cc(F)cc(F)c1)c1ccccc1F. The molecule has 0 aliphatic rings. The van der Waals surface area contributed by atoms with E-state index in [0.29, 0.717) is 5.56 Å². The van der Waals surface area contributed by atoms with Crippen molar-refractivity contribution in [2.75, 3.05) is 6.54 Å². The van der Waals surface area contributed by atoms with Gasteiger partial charge < -0.3 is 5.32 Å². The molecule has 0 radical (unpaired) electrons. The van der Waals surface area contributed by atoms with Crippen LogP contribution in [0.5, 0.6) is 0 Å². The van der Waals surface area contributed by atoms with Gasteiger partial charge in [-0.15, -0.1) is 0 Å². The second kappa shape index (κ2) is 6.23. The molecule has 104 valence electrons. The molecule has 0 heterocycles. The van der Waals surface area contributed by atoms with Crippen LogP contribution in [0.15, 0.2) is 42.5 Å². The summed E-state index contributed by atoms with van der Waals surface area (Å²) in [5.74, 6) is -2.50. The maximum Gasteiger partial charge on any atom is 0.254 e. The lowest BCUT2D eigenvalue weighted by Gasteiger charge is -2.06. The number of carbonyl (C=O) groups excluding carboxylic acids is 1. The fraction of sp³-hybridized carbons (Fsp3) is 0.133. The van der Waals surface area contributed by atoms with E-state index in [1.807, 2.05) is 0 Å². The molecule has 0 saturated heterocycles. The van der Waals surface area contributed by atoms with Crippen molar-refractivity contribution < 1.29 is 18.0 Å². The van der Waals surface area contributed by atoms with Gasteiger partial charge in [0.1, 0.15) is 17.5 Å². The molecule has 20 heavy (non-hydrogen) atoms. The first-order valence-corrected chi connectivity index (χ1v) is 6.04. The molecule has 2 aromatic carbocycles. The minimum Gasteiger partial charge on any atom is -0.352 e. The highest BCUT2D eigenvalue weighted by atomic mass is 19.1. The van der Waals surface area contributed by atoms with Crippen LogP contribution >= 0.6 is 0 Å². The highest BCUT2D eigenvalue weighted by Crippen LogP contribution is 2.09. The quantitative estimate of drug-likeness (QED) is 0.915. The number of hydrogen-bond donors (Lipinski definition) is 1. The average Bonchev–Trinajstić information content (AvgIpc) is 2.38. The molecule has 1 N–H and O–H groups in total. The Labute approximate surface area is 114 Å². The summed E-state index contributed by atoms with van der Waals surface area (Å²) in [5, 5.41) is 2.50. The van der Waals surface area contributed by atoms with E-state index in [9.17, 15) is 18.0 Å². The van der Waals surface area contributed by atoms with Crippen molar-refractivity contribution in [1.29, 1.82) is 0 Å². The molecule has 5 heteroatoms. The zero-order valence-electron chi connectivity index (χ0n) is 10.5. The van der Waals surface area contributed by atoms with Gasteiger partial charge in [-0.05, 0) is 36.2 Å². The molecule has 2 nitrogen and oxygen atoms in total. The Bertz CT molecular complexity index is 608. The first-order valence-electron chi connectivity index (χ1n) is 6.04. The lowest BCUT2D eigenvalue weighted by Crippen LogP contribution is -2.26. The van der Waals surface area contributed by atoms with Gasteiger partial charge in [-0.25, -0.2) is 13.2 Å². The third-order valence-electron chi connectivity index (χ3n) is 2.74. The number of amides is 1. The summed E-state index contributed by atoms with van der Waals surface area (Å²) in [6.07, 6.45) is 0.259. The first kappa shape index (κ1) is 14.1. The zero-order chi connectivity index (χ0) is 14.5. The van der Waals surface area contributed by atoms with Crippen LogP contribution in [0.3, 0.4) is 0 Å². The van der Waals surface area contributed by atoms with Crippen LogP contribution in [0.4, 0.5) is 13.2 Å². The van der Waals surface area contributed by atoms with E-state index in [0.717, 1.165) is 6.07 Å². The monoisotopic (exact) mass is 279 g/mol. The molecule has 0 bridgehead atoms. The molecule has 0 aliphatic heterocycles. The van der Waals surface area contributed by atoms with Crippen molar-refractivity contribution in [3.8, 4) is 0 Å². The largest absolute Gasteiger partial charge is 0.352 e. The summed E-state index contributed by atoms with van der Waals surface area (Å²) in [6.45, 7) is 0.163. The highest BCUT2D eigenvalue weighted by molar-refractivity contribution is 5.94. The molecular formula is C15H12F3NO. The van der Waals surface area contributed by atoms with Gasteiger partial charge in [0.25, 0.3) is 5.91 Å². The van der Waals surface area contributed by atoms with Gasteiger partial charge in [0.2, 0.25) is 0 Å². The van der Waals surface area contributed by atoms with E-state index in [-0.39, 0.29) is 18.5 Å². The Hall–Kier alpha value is -2.30. The lowest BCUT2D eigenvalue weighted by molar-refractivity contribution is 0.0950. The van der Waals surface area contributed by atoms with E-state index in [1.165, 1.54) is 30.3 Å². The van der Waals surface area contributed by atoms with E-state index in [2.05, 4.69) is 5.32 Å². The number of hydrogen-bond acceptors (Lipinski definition) is 1. The van der Waals surface area contributed by atoms with Gasteiger partial charge in [0, 0.05) is 12.6 Å². The van der Waals surface area contributed by atoms with Gasteiger partial charge in [0.05, 0.1) is 5.56 Å². The summed E-state index contributed by atoms with van der Waals surface area (Å²) in [6, 6.07) is 8.77. The van der Waals surface area contributed by atoms with Crippen LogP contribution in [0.1, 0.15) is 15.9 Å². The van der Waals surface area contributed by atoms with Crippen molar-refractivity contribution in [1.82, 2.24) is 5.32 Å². The third-order valence-corrected chi connectivity index (χ3v) is 2.74. The summed E-state index contributed by atoms with van der Waals surface area (Å²) in [7, 11) is 0. The second-order valence-electron chi connectivity index (χ2n) is 4.26. The second-order valence-corrected chi connectivity index (χ2v) is 4.26. The van der Waals surface area contributed by atoms with Gasteiger partial charge >= 0.3 is 0 Å². The summed E-state index contributed by atoms with van der Waals surface area (Å²) in [4.78, 5) is 11.7. The summed E-state index contributed by atoms with van der Waals surface area (Å²) in [5.41, 5.74) is 0.370. The minimum absolute atomic E-state index is 0.0575. The average molecular weight is 279 g/mol. The maximum atomic E-state index is 13.3. The number of halogens is 3. The van der Waals surface area contributed by atoms with Crippen LogP contribution in [0.25, 0.3) is 0 Å². The fourth-order valence-electron chi connectivity index (χ4n) is 1.82. The molecule has 2 rings (SSSR count). The maximum absolute atomic E-state index is 13.3. The predicted octanol–water partition coefficient (Wildman–Crippen LogP) is 3.08. The van der Waals surface area contributed by atoms with Crippen LogP contribution in [0, 0.1) is 17.5 Å². The number of benzene rings is 2. The molecule has 0 fully saturated rings. The van der Waals surface area contributed by atoms with Crippen LogP contribution in [-0.4, -0.2) is 12.5 Å². The van der Waals surface area contributed by atoms with Gasteiger partial charge in [-0.1, -0.05) is 12.1 Å². The topological polar surface area (TPSA) is 29.1 Å².